The van der Waals surface area contributed by atoms with Crippen molar-refractivity contribution in [3.63, 3.8) is 0 Å². The Morgan fingerprint density at radius 3 is 2.48 bits per heavy atom. The number of aromatic nitrogens is 2. The SMILES string of the molecule is Cc1cc(C)n(CCC(=O)OC(C)C(=O)c2ccc(Cl)cc2)n1. The van der Waals surface area contributed by atoms with Gasteiger partial charge in [0, 0.05) is 16.3 Å². The van der Waals surface area contributed by atoms with E-state index >= 15 is 0 Å². The lowest BCUT2D eigenvalue weighted by Crippen LogP contribution is -2.25. The Morgan fingerprint density at radius 2 is 1.91 bits per heavy atom. The topological polar surface area (TPSA) is 61.2 Å². The van der Waals surface area contributed by atoms with Crippen molar-refractivity contribution in [3.8, 4) is 0 Å². The molecule has 122 valence electrons. The molecular weight excluding hydrogens is 316 g/mol. The van der Waals surface area contributed by atoms with Crippen LogP contribution in [0.5, 0.6) is 0 Å². The number of benzene rings is 1. The molecule has 0 fully saturated rings. The molecule has 1 atom stereocenters. The number of rotatable bonds is 6. The van der Waals surface area contributed by atoms with Crippen LogP contribution in [0.2, 0.25) is 5.02 Å². The van der Waals surface area contributed by atoms with Crippen molar-refractivity contribution in [2.45, 2.75) is 39.8 Å². The van der Waals surface area contributed by atoms with Crippen LogP contribution in [0.25, 0.3) is 0 Å². The lowest BCUT2D eigenvalue weighted by molar-refractivity contribution is -0.146. The number of esters is 1. The Morgan fingerprint density at radius 1 is 1.26 bits per heavy atom. The molecule has 0 aliphatic heterocycles. The van der Waals surface area contributed by atoms with Gasteiger partial charge in [-0.1, -0.05) is 11.6 Å². The summed E-state index contributed by atoms with van der Waals surface area (Å²) in [6.45, 7) is 5.82. The predicted molar refractivity (Wildman–Crippen MR) is 87.7 cm³/mol. The highest BCUT2D eigenvalue weighted by atomic mass is 35.5. The average molecular weight is 335 g/mol. The van der Waals surface area contributed by atoms with Gasteiger partial charge in [0.15, 0.2) is 6.10 Å². The zero-order valence-electron chi connectivity index (χ0n) is 13.4. The van der Waals surface area contributed by atoms with Crippen molar-refractivity contribution in [1.29, 1.82) is 0 Å². The van der Waals surface area contributed by atoms with E-state index in [1.54, 1.807) is 35.9 Å². The maximum absolute atomic E-state index is 12.2. The van der Waals surface area contributed by atoms with Gasteiger partial charge in [0.1, 0.15) is 0 Å². The van der Waals surface area contributed by atoms with Gasteiger partial charge in [0.2, 0.25) is 5.78 Å². The highest BCUT2D eigenvalue weighted by Crippen LogP contribution is 2.13. The number of nitrogens with zero attached hydrogens (tertiary/aromatic N) is 2. The summed E-state index contributed by atoms with van der Waals surface area (Å²) in [6, 6.07) is 8.44. The Labute approximate surface area is 140 Å². The summed E-state index contributed by atoms with van der Waals surface area (Å²) in [5, 5.41) is 4.83. The van der Waals surface area contributed by atoms with E-state index in [-0.39, 0.29) is 12.2 Å². The second-order valence-corrected chi connectivity index (χ2v) is 5.84. The maximum Gasteiger partial charge on any atom is 0.308 e. The Bertz CT molecular complexity index is 707. The normalized spacial score (nSPS) is 12.0. The minimum absolute atomic E-state index is 0.167. The molecule has 0 bridgehead atoms. The largest absolute Gasteiger partial charge is 0.454 e. The molecule has 0 N–H and O–H groups in total. The van der Waals surface area contributed by atoms with Crippen LogP contribution < -0.4 is 0 Å². The number of carbonyl (C=O) groups is 2. The molecule has 0 aliphatic rings. The van der Waals surface area contributed by atoms with Gasteiger partial charge in [-0.05, 0) is 51.1 Å². The van der Waals surface area contributed by atoms with Crippen molar-refractivity contribution >= 4 is 23.4 Å². The van der Waals surface area contributed by atoms with E-state index in [4.69, 9.17) is 16.3 Å². The molecule has 1 unspecified atom stereocenters. The van der Waals surface area contributed by atoms with Crippen LogP contribution in [-0.2, 0) is 16.1 Å². The number of hydrogen-bond acceptors (Lipinski definition) is 4. The van der Waals surface area contributed by atoms with Gasteiger partial charge < -0.3 is 4.74 Å². The summed E-state index contributed by atoms with van der Waals surface area (Å²) in [7, 11) is 0. The first-order valence-corrected chi connectivity index (χ1v) is 7.75. The van der Waals surface area contributed by atoms with Gasteiger partial charge in [-0.2, -0.15) is 5.10 Å². The Balaban J connectivity index is 1.88. The third-order valence-electron chi connectivity index (χ3n) is 3.44. The van der Waals surface area contributed by atoms with Crippen LogP contribution in [-0.4, -0.2) is 27.6 Å². The molecule has 1 heterocycles. The highest BCUT2D eigenvalue weighted by molar-refractivity contribution is 6.30. The van der Waals surface area contributed by atoms with Crippen LogP contribution in [0.3, 0.4) is 0 Å². The van der Waals surface area contributed by atoms with Gasteiger partial charge >= 0.3 is 5.97 Å². The molecule has 0 amide bonds. The van der Waals surface area contributed by atoms with Crippen molar-refractivity contribution in [3.05, 3.63) is 52.3 Å². The van der Waals surface area contributed by atoms with Crippen LogP contribution in [0.4, 0.5) is 0 Å². The molecule has 6 heteroatoms. The number of hydrogen-bond donors (Lipinski definition) is 0. The van der Waals surface area contributed by atoms with Crippen molar-refractivity contribution in [1.82, 2.24) is 9.78 Å². The molecule has 0 saturated heterocycles. The van der Waals surface area contributed by atoms with E-state index in [0.29, 0.717) is 17.1 Å². The number of Topliss-reactive ketones (excluding diaryl/α,β-unsaturated/α-hetero) is 1. The number of carbonyl (C=O) groups excluding carboxylic acids is 2. The second kappa shape index (κ2) is 7.42. The summed E-state index contributed by atoms with van der Waals surface area (Å²) in [6.07, 6.45) is -0.663. The quantitative estimate of drug-likeness (QED) is 0.600. The lowest BCUT2D eigenvalue weighted by atomic mass is 10.1. The molecule has 23 heavy (non-hydrogen) atoms. The number of aryl methyl sites for hydroxylation is 3. The van der Waals surface area contributed by atoms with Crippen molar-refractivity contribution in [2.75, 3.05) is 0 Å². The van der Waals surface area contributed by atoms with Crippen LogP contribution in [0.15, 0.2) is 30.3 Å². The minimum Gasteiger partial charge on any atom is -0.454 e. The number of halogens is 1. The first kappa shape index (κ1) is 17.2. The van der Waals surface area contributed by atoms with E-state index in [2.05, 4.69) is 5.10 Å². The van der Waals surface area contributed by atoms with E-state index in [1.807, 2.05) is 19.9 Å². The van der Waals surface area contributed by atoms with Crippen molar-refractivity contribution < 1.29 is 14.3 Å². The summed E-state index contributed by atoms with van der Waals surface area (Å²) in [5.74, 6) is -0.673. The van der Waals surface area contributed by atoms with E-state index in [0.717, 1.165) is 11.4 Å². The van der Waals surface area contributed by atoms with Crippen molar-refractivity contribution in [2.24, 2.45) is 0 Å². The number of ether oxygens (including phenoxy) is 1. The smallest absolute Gasteiger partial charge is 0.308 e. The summed E-state index contributed by atoms with van der Waals surface area (Å²) < 4.78 is 6.95. The lowest BCUT2D eigenvalue weighted by Gasteiger charge is -2.12. The molecule has 0 spiro atoms. The predicted octanol–water partition coefficient (Wildman–Crippen LogP) is 3.36. The second-order valence-electron chi connectivity index (χ2n) is 5.40. The minimum atomic E-state index is -0.830. The Hall–Kier alpha value is -2.14. The molecule has 2 rings (SSSR count). The fraction of sp³-hybridized carbons (Fsp3) is 0.353. The zero-order chi connectivity index (χ0) is 17.0. The van der Waals surface area contributed by atoms with Crippen LogP contribution in [0.1, 0.15) is 35.1 Å². The summed E-state index contributed by atoms with van der Waals surface area (Å²) >= 11 is 5.79. The molecule has 1 aromatic carbocycles. The monoisotopic (exact) mass is 334 g/mol. The molecular formula is C17H19ClN2O3. The summed E-state index contributed by atoms with van der Waals surface area (Å²) in [5.41, 5.74) is 2.36. The average Bonchev–Trinajstić information content (AvgIpc) is 2.83. The molecule has 1 aromatic heterocycles. The third kappa shape index (κ3) is 4.66. The molecule has 2 aromatic rings. The molecule has 0 radical (unpaired) electrons. The first-order valence-electron chi connectivity index (χ1n) is 7.37. The van der Waals surface area contributed by atoms with E-state index < -0.39 is 12.1 Å². The zero-order valence-corrected chi connectivity index (χ0v) is 14.1. The fourth-order valence-corrected chi connectivity index (χ4v) is 2.38. The Kier molecular flexibility index (Phi) is 5.55. The number of ketones is 1. The summed E-state index contributed by atoms with van der Waals surface area (Å²) in [4.78, 5) is 24.1. The van der Waals surface area contributed by atoms with E-state index in [1.165, 1.54) is 0 Å². The van der Waals surface area contributed by atoms with Crippen LogP contribution >= 0.6 is 11.6 Å². The molecule has 5 nitrogen and oxygen atoms in total. The van der Waals surface area contributed by atoms with Gasteiger partial charge in [0.25, 0.3) is 0 Å². The van der Waals surface area contributed by atoms with Crippen LogP contribution in [0, 0.1) is 13.8 Å². The highest BCUT2D eigenvalue weighted by Gasteiger charge is 2.19. The molecule has 0 saturated carbocycles. The van der Waals surface area contributed by atoms with Gasteiger partial charge in [-0.3, -0.25) is 14.3 Å². The standard InChI is InChI=1S/C17H19ClN2O3/c1-11-10-12(2)20(19-11)9-8-16(21)23-13(3)17(22)14-4-6-15(18)7-5-14/h4-7,10,13H,8-9H2,1-3H3. The van der Waals surface area contributed by atoms with Gasteiger partial charge in [-0.25, -0.2) is 0 Å². The fourth-order valence-electron chi connectivity index (χ4n) is 2.26. The van der Waals surface area contributed by atoms with Gasteiger partial charge in [0.05, 0.1) is 18.7 Å². The molecule has 0 aliphatic carbocycles. The van der Waals surface area contributed by atoms with E-state index in [9.17, 15) is 9.59 Å². The third-order valence-corrected chi connectivity index (χ3v) is 3.69. The first-order chi connectivity index (χ1) is 10.9. The maximum atomic E-state index is 12.2. The van der Waals surface area contributed by atoms with Gasteiger partial charge in [-0.15, -0.1) is 0 Å².